The van der Waals surface area contributed by atoms with E-state index in [9.17, 15) is 4.79 Å². The first kappa shape index (κ1) is 17.9. The molecule has 0 aliphatic carbocycles. The average molecular weight is 309 g/mol. The summed E-state index contributed by atoms with van der Waals surface area (Å²) in [6.45, 7) is 17.8. The number of Topliss-reactive ketones (excluding diaryl/α,β-unsaturated/α-hetero) is 1. The molecule has 0 bridgehead atoms. The van der Waals surface area contributed by atoms with Crippen LogP contribution in [0.2, 0.25) is 0 Å². The zero-order valence-corrected chi connectivity index (χ0v) is 15.6. The second-order valence-electron chi connectivity index (χ2n) is 8.71. The third-order valence-electron chi connectivity index (χ3n) is 6.36. The van der Waals surface area contributed by atoms with Gasteiger partial charge in [-0.1, -0.05) is 13.8 Å². The molecule has 0 aromatic rings. The number of piperidine rings is 2. The van der Waals surface area contributed by atoms with Crippen molar-refractivity contribution < 1.29 is 4.79 Å². The maximum absolute atomic E-state index is 13.3. The van der Waals surface area contributed by atoms with Crippen LogP contribution in [0.3, 0.4) is 0 Å². The Hall–Kier alpha value is -0.410. The number of carbonyl (C=O) groups is 1. The van der Waals surface area contributed by atoms with Gasteiger partial charge in [-0.2, -0.15) is 0 Å². The van der Waals surface area contributed by atoms with Crippen LogP contribution in [0, 0.1) is 10.8 Å². The van der Waals surface area contributed by atoms with Crippen LogP contribution >= 0.6 is 0 Å². The zero-order chi connectivity index (χ0) is 16.5. The minimum Gasteiger partial charge on any atom is -0.301 e. The van der Waals surface area contributed by atoms with Gasteiger partial charge in [-0.25, -0.2) is 0 Å². The predicted octanol–water partition coefficient (Wildman–Crippen LogP) is 3.58. The SMILES string of the molecule is CC(C)N1CCC(C)(C(=O)C2(C)CCN(C(C)C)CC2)CC1. The molecule has 2 fully saturated rings. The van der Waals surface area contributed by atoms with Crippen molar-refractivity contribution in [1.82, 2.24) is 9.80 Å². The fourth-order valence-corrected chi connectivity index (χ4v) is 4.25. The number of hydrogen-bond acceptors (Lipinski definition) is 3. The van der Waals surface area contributed by atoms with E-state index >= 15 is 0 Å². The Morgan fingerprint density at radius 3 is 1.23 bits per heavy atom. The largest absolute Gasteiger partial charge is 0.301 e. The summed E-state index contributed by atoms with van der Waals surface area (Å²) in [6.07, 6.45) is 4.14. The molecule has 0 aromatic carbocycles. The average Bonchev–Trinajstić information content (AvgIpc) is 2.47. The number of hydrogen-bond donors (Lipinski definition) is 0. The van der Waals surface area contributed by atoms with E-state index in [-0.39, 0.29) is 10.8 Å². The van der Waals surface area contributed by atoms with Crippen LogP contribution in [0.4, 0.5) is 0 Å². The Morgan fingerprint density at radius 1 is 0.727 bits per heavy atom. The van der Waals surface area contributed by atoms with Crippen LogP contribution in [0.5, 0.6) is 0 Å². The summed E-state index contributed by atoms with van der Waals surface area (Å²) in [5.74, 6) is 0.548. The molecule has 0 spiro atoms. The monoisotopic (exact) mass is 308 g/mol. The second kappa shape index (κ2) is 6.60. The molecule has 3 heteroatoms. The Balaban J connectivity index is 1.99. The van der Waals surface area contributed by atoms with Crippen molar-refractivity contribution in [3.8, 4) is 0 Å². The molecule has 0 aromatic heterocycles. The third kappa shape index (κ3) is 3.56. The van der Waals surface area contributed by atoms with Crippen molar-refractivity contribution in [1.29, 1.82) is 0 Å². The number of ketones is 1. The quantitative estimate of drug-likeness (QED) is 0.793. The zero-order valence-electron chi connectivity index (χ0n) is 15.6. The van der Waals surface area contributed by atoms with Crippen molar-refractivity contribution >= 4 is 5.78 Å². The molecular formula is C19H36N2O. The predicted molar refractivity (Wildman–Crippen MR) is 93.1 cm³/mol. The van der Waals surface area contributed by atoms with E-state index in [0.717, 1.165) is 51.9 Å². The minimum atomic E-state index is -0.0971. The summed E-state index contributed by atoms with van der Waals surface area (Å²) in [4.78, 5) is 18.3. The van der Waals surface area contributed by atoms with Gasteiger partial charge in [0.15, 0.2) is 0 Å². The highest BCUT2D eigenvalue weighted by Gasteiger charge is 2.47. The highest BCUT2D eigenvalue weighted by molar-refractivity contribution is 5.90. The smallest absolute Gasteiger partial charge is 0.144 e. The van der Waals surface area contributed by atoms with E-state index in [1.807, 2.05) is 0 Å². The maximum Gasteiger partial charge on any atom is 0.144 e. The normalized spacial score (nSPS) is 26.5. The van der Waals surface area contributed by atoms with Crippen molar-refractivity contribution in [2.45, 2.75) is 79.3 Å². The van der Waals surface area contributed by atoms with Crippen molar-refractivity contribution in [3.63, 3.8) is 0 Å². The number of carbonyl (C=O) groups excluding carboxylic acids is 1. The van der Waals surface area contributed by atoms with Gasteiger partial charge in [0.2, 0.25) is 0 Å². The highest BCUT2D eigenvalue weighted by Crippen LogP contribution is 2.43. The van der Waals surface area contributed by atoms with Gasteiger partial charge in [-0.15, -0.1) is 0 Å². The Morgan fingerprint density at radius 2 is 1.00 bits per heavy atom. The molecule has 2 rings (SSSR count). The number of likely N-dealkylation sites (tertiary alicyclic amines) is 2. The number of nitrogens with zero attached hydrogens (tertiary/aromatic N) is 2. The van der Waals surface area contributed by atoms with Gasteiger partial charge < -0.3 is 9.80 Å². The lowest BCUT2D eigenvalue weighted by atomic mass is 9.63. The molecule has 2 heterocycles. The van der Waals surface area contributed by atoms with E-state index in [0.29, 0.717) is 17.9 Å². The van der Waals surface area contributed by atoms with Crippen molar-refractivity contribution in [3.05, 3.63) is 0 Å². The Labute approximate surface area is 137 Å². The van der Waals surface area contributed by atoms with E-state index < -0.39 is 0 Å². The van der Waals surface area contributed by atoms with E-state index in [1.165, 1.54) is 0 Å². The first-order valence-electron chi connectivity index (χ1n) is 9.21. The molecule has 2 saturated heterocycles. The lowest BCUT2D eigenvalue weighted by molar-refractivity contribution is -0.143. The Bertz CT molecular complexity index is 350. The molecule has 128 valence electrons. The van der Waals surface area contributed by atoms with Crippen molar-refractivity contribution in [2.24, 2.45) is 10.8 Å². The van der Waals surface area contributed by atoms with Crippen LogP contribution in [0.1, 0.15) is 67.2 Å². The van der Waals surface area contributed by atoms with Gasteiger partial charge in [0.05, 0.1) is 0 Å². The molecular weight excluding hydrogens is 272 g/mol. The van der Waals surface area contributed by atoms with Crippen LogP contribution in [0.15, 0.2) is 0 Å². The molecule has 0 unspecified atom stereocenters. The summed E-state index contributed by atoms with van der Waals surface area (Å²) in [5, 5.41) is 0. The molecule has 22 heavy (non-hydrogen) atoms. The molecule has 0 amide bonds. The minimum absolute atomic E-state index is 0.0971. The first-order chi connectivity index (χ1) is 10.2. The van der Waals surface area contributed by atoms with Gasteiger partial charge in [-0.3, -0.25) is 4.79 Å². The summed E-state index contributed by atoms with van der Waals surface area (Å²) in [6, 6.07) is 1.20. The fraction of sp³-hybridized carbons (Fsp3) is 0.947. The summed E-state index contributed by atoms with van der Waals surface area (Å²) in [5.41, 5.74) is -0.194. The molecule has 0 atom stereocenters. The first-order valence-corrected chi connectivity index (χ1v) is 9.21. The van der Waals surface area contributed by atoms with Gasteiger partial charge in [0, 0.05) is 22.9 Å². The maximum atomic E-state index is 13.3. The standard InChI is InChI=1S/C19H36N2O/c1-15(2)20-11-7-18(5,8-12-20)17(22)19(6)9-13-21(14-10-19)16(3)4/h15-16H,7-14H2,1-6H3. The lowest BCUT2D eigenvalue weighted by Gasteiger charge is -2.47. The lowest BCUT2D eigenvalue weighted by Crippen LogP contribution is -2.52. The van der Waals surface area contributed by atoms with Crippen LogP contribution in [-0.2, 0) is 4.79 Å². The summed E-state index contributed by atoms with van der Waals surface area (Å²) in [7, 11) is 0. The molecule has 2 aliphatic heterocycles. The van der Waals surface area contributed by atoms with Crippen LogP contribution in [0.25, 0.3) is 0 Å². The van der Waals surface area contributed by atoms with Gasteiger partial charge in [0.1, 0.15) is 5.78 Å². The van der Waals surface area contributed by atoms with Crippen molar-refractivity contribution in [2.75, 3.05) is 26.2 Å². The molecule has 0 radical (unpaired) electrons. The van der Waals surface area contributed by atoms with Gasteiger partial charge in [0.25, 0.3) is 0 Å². The summed E-state index contributed by atoms with van der Waals surface area (Å²) < 4.78 is 0. The van der Waals surface area contributed by atoms with Crippen LogP contribution in [-0.4, -0.2) is 53.8 Å². The van der Waals surface area contributed by atoms with Gasteiger partial charge in [-0.05, 0) is 79.6 Å². The Kier molecular flexibility index (Phi) is 5.38. The fourth-order valence-electron chi connectivity index (χ4n) is 4.25. The topological polar surface area (TPSA) is 23.6 Å². The molecule has 0 N–H and O–H groups in total. The highest BCUT2D eigenvalue weighted by atomic mass is 16.1. The second-order valence-corrected chi connectivity index (χ2v) is 8.71. The number of rotatable bonds is 4. The third-order valence-corrected chi connectivity index (χ3v) is 6.36. The van der Waals surface area contributed by atoms with E-state index in [1.54, 1.807) is 0 Å². The van der Waals surface area contributed by atoms with Crippen LogP contribution < -0.4 is 0 Å². The molecule has 2 aliphatic rings. The van der Waals surface area contributed by atoms with E-state index in [4.69, 9.17) is 0 Å². The molecule has 3 nitrogen and oxygen atoms in total. The van der Waals surface area contributed by atoms with Gasteiger partial charge >= 0.3 is 0 Å². The van der Waals surface area contributed by atoms with E-state index in [2.05, 4.69) is 51.3 Å². The summed E-state index contributed by atoms with van der Waals surface area (Å²) >= 11 is 0. The molecule has 0 saturated carbocycles.